The van der Waals surface area contributed by atoms with Crippen molar-refractivity contribution >= 4 is 29.0 Å². The molecule has 3 rings (SSSR count). The van der Waals surface area contributed by atoms with Crippen LogP contribution >= 0.6 is 23.2 Å². The van der Waals surface area contributed by atoms with Crippen LogP contribution in [0.25, 0.3) is 0 Å². The van der Waals surface area contributed by atoms with Gasteiger partial charge in [-0.2, -0.15) is 0 Å². The van der Waals surface area contributed by atoms with Gasteiger partial charge in [-0.15, -0.1) is 0 Å². The first-order valence-electron chi connectivity index (χ1n) is 6.63. The Bertz CT molecular complexity index is 756. The summed E-state index contributed by atoms with van der Waals surface area (Å²) in [6.07, 6.45) is 0.623. The van der Waals surface area contributed by atoms with Crippen molar-refractivity contribution < 1.29 is 20.1 Å². The van der Waals surface area contributed by atoms with Crippen molar-refractivity contribution in [3.05, 3.63) is 51.5 Å². The van der Waals surface area contributed by atoms with Crippen LogP contribution in [0.15, 0.2) is 30.3 Å². The molecule has 0 bridgehead atoms. The van der Waals surface area contributed by atoms with E-state index < -0.39 is 23.0 Å². The molecule has 0 aromatic heterocycles. The molecule has 114 valence electrons. The van der Waals surface area contributed by atoms with Crippen LogP contribution in [0.1, 0.15) is 28.3 Å². The van der Waals surface area contributed by atoms with Gasteiger partial charge in [0.1, 0.15) is 22.1 Å². The molecule has 0 spiro atoms. The fraction of sp³-hybridized carbons (Fsp3) is 0.188. The van der Waals surface area contributed by atoms with Crippen molar-refractivity contribution in [2.75, 3.05) is 0 Å². The summed E-state index contributed by atoms with van der Waals surface area (Å²) in [7, 11) is 0. The molecule has 2 unspecified atom stereocenters. The van der Waals surface area contributed by atoms with Gasteiger partial charge in [-0.25, -0.2) is 0 Å². The average Bonchev–Trinajstić information content (AvgIpc) is 3.26. The minimum atomic E-state index is -0.592. The van der Waals surface area contributed by atoms with Gasteiger partial charge in [0, 0.05) is 17.0 Å². The average molecular weight is 339 g/mol. The largest absolute Gasteiger partial charge is 0.507 e. The van der Waals surface area contributed by atoms with Crippen LogP contribution in [-0.4, -0.2) is 21.1 Å². The third-order valence-electron chi connectivity index (χ3n) is 3.87. The minimum Gasteiger partial charge on any atom is -0.507 e. The summed E-state index contributed by atoms with van der Waals surface area (Å²) >= 11 is 11.6. The van der Waals surface area contributed by atoms with Crippen LogP contribution < -0.4 is 0 Å². The number of ketones is 1. The van der Waals surface area contributed by atoms with E-state index >= 15 is 0 Å². The highest BCUT2D eigenvalue weighted by atomic mass is 35.5. The van der Waals surface area contributed by atoms with Gasteiger partial charge in [-0.1, -0.05) is 35.3 Å². The van der Waals surface area contributed by atoms with Crippen LogP contribution in [0.5, 0.6) is 17.2 Å². The van der Waals surface area contributed by atoms with E-state index in [0.29, 0.717) is 11.4 Å². The molecular formula is C16H12Cl2O4. The van der Waals surface area contributed by atoms with Crippen molar-refractivity contribution in [3.63, 3.8) is 0 Å². The summed E-state index contributed by atoms with van der Waals surface area (Å²) in [5, 5.41) is 29.4. The summed E-state index contributed by atoms with van der Waals surface area (Å²) in [6.45, 7) is 0. The van der Waals surface area contributed by atoms with Crippen molar-refractivity contribution in [1.82, 2.24) is 0 Å². The van der Waals surface area contributed by atoms with Gasteiger partial charge < -0.3 is 15.3 Å². The van der Waals surface area contributed by atoms with Gasteiger partial charge in [0.25, 0.3) is 0 Å². The number of halogens is 2. The Kier molecular flexibility index (Phi) is 3.67. The van der Waals surface area contributed by atoms with Gasteiger partial charge in [-0.05, 0) is 30.0 Å². The molecule has 2 atom stereocenters. The lowest BCUT2D eigenvalue weighted by atomic mass is 10.0. The number of hydrogen-bond donors (Lipinski definition) is 3. The Morgan fingerprint density at radius 1 is 1.05 bits per heavy atom. The summed E-state index contributed by atoms with van der Waals surface area (Å²) in [5.74, 6) is -2.25. The number of hydrogen-bond acceptors (Lipinski definition) is 4. The van der Waals surface area contributed by atoms with E-state index in [1.807, 2.05) is 12.1 Å². The number of aromatic hydroxyl groups is 3. The zero-order valence-electron chi connectivity index (χ0n) is 11.3. The van der Waals surface area contributed by atoms with Crippen molar-refractivity contribution in [3.8, 4) is 17.2 Å². The third-order valence-corrected chi connectivity index (χ3v) is 4.50. The number of rotatable bonds is 3. The zero-order chi connectivity index (χ0) is 16.0. The molecule has 1 aliphatic carbocycles. The molecule has 0 amide bonds. The van der Waals surface area contributed by atoms with E-state index in [9.17, 15) is 20.1 Å². The predicted molar refractivity (Wildman–Crippen MR) is 83.1 cm³/mol. The number of phenolic OH excluding ortho intramolecular Hbond substituents is 3. The highest BCUT2D eigenvalue weighted by Gasteiger charge is 2.45. The number of Topliss-reactive ketones (excluding diaryl/α,β-unsaturated/α-hetero) is 1. The molecule has 6 heteroatoms. The lowest BCUT2D eigenvalue weighted by Gasteiger charge is -2.09. The fourth-order valence-corrected chi connectivity index (χ4v) is 2.88. The molecule has 2 aromatic carbocycles. The van der Waals surface area contributed by atoms with E-state index in [2.05, 4.69) is 0 Å². The fourth-order valence-electron chi connectivity index (χ4n) is 2.61. The smallest absolute Gasteiger partial charge is 0.174 e. The molecule has 1 saturated carbocycles. The Hall–Kier alpha value is -1.91. The second-order valence-electron chi connectivity index (χ2n) is 5.32. The molecule has 0 saturated heterocycles. The van der Waals surface area contributed by atoms with Crippen LogP contribution in [0.3, 0.4) is 0 Å². The highest BCUT2D eigenvalue weighted by Crippen LogP contribution is 2.52. The molecule has 0 heterocycles. The maximum absolute atomic E-state index is 12.5. The van der Waals surface area contributed by atoms with Crippen LogP contribution in [0.2, 0.25) is 10.0 Å². The number of benzene rings is 2. The molecule has 1 fully saturated rings. The van der Waals surface area contributed by atoms with Gasteiger partial charge in [0.2, 0.25) is 0 Å². The Morgan fingerprint density at radius 3 is 2.32 bits per heavy atom. The first-order valence-corrected chi connectivity index (χ1v) is 7.38. The zero-order valence-corrected chi connectivity index (χ0v) is 12.8. The topological polar surface area (TPSA) is 77.8 Å². The van der Waals surface area contributed by atoms with E-state index in [0.717, 1.165) is 11.6 Å². The van der Waals surface area contributed by atoms with Crippen molar-refractivity contribution in [1.29, 1.82) is 0 Å². The standard InChI is InChI=1S/C16H12Cl2O4/c17-8-3-1-7(2-4-8)9-5-10(9)15(21)13-11(19)6-12(20)14(18)16(13)22/h1-4,6,9-10,19-20,22H,5H2. The molecule has 3 N–H and O–H groups in total. The maximum atomic E-state index is 12.5. The normalized spacial score (nSPS) is 19.9. The number of carbonyl (C=O) groups is 1. The first kappa shape index (κ1) is 15.0. The molecule has 2 aromatic rings. The van der Waals surface area contributed by atoms with E-state index in [1.54, 1.807) is 12.1 Å². The quantitative estimate of drug-likeness (QED) is 0.736. The highest BCUT2D eigenvalue weighted by molar-refractivity contribution is 6.34. The minimum absolute atomic E-state index is 0.0242. The Morgan fingerprint density at radius 2 is 1.68 bits per heavy atom. The Labute approximate surface area is 136 Å². The maximum Gasteiger partial charge on any atom is 0.174 e. The van der Waals surface area contributed by atoms with Crippen LogP contribution in [0, 0.1) is 5.92 Å². The lowest BCUT2D eigenvalue weighted by molar-refractivity contribution is 0.0960. The second kappa shape index (κ2) is 5.38. The SMILES string of the molecule is O=C(c1c(O)cc(O)c(Cl)c1O)C1CC1c1ccc(Cl)cc1. The first-order chi connectivity index (χ1) is 10.4. The molecule has 4 nitrogen and oxygen atoms in total. The molecule has 0 aliphatic heterocycles. The van der Waals surface area contributed by atoms with E-state index in [4.69, 9.17) is 23.2 Å². The van der Waals surface area contributed by atoms with Gasteiger partial charge in [0.05, 0.1) is 0 Å². The van der Waals surface area contributed by atoms with Crippen molar-refractivity contribution in [2.45, 2.75) is 12.3 Å². The summed E-state index contributed by atoms with van der Waals surface area (Å²) < 4.78 is 0. The predicted octanol–water partition coefficient (Wildman–Crippen LogP) is 4.10. The lowest BCUT2D eigenvalue weighted by Crippen LogP contribution is -2.04. The van der Waals surface area contributed by atoms with E-state index in [1.165, 1.54) is 0 Å². The van der Waals surface area contributed by atoms with Crippen molar-refractivity contribution in [2.24, 2.45) is 5.92 Å². The summed E-state index contributed by atoms with van der Waals surface area (Å²) in [6, 6.07) is 8.16. The third kappa shape index (κ3) is 2.49. The molecule has 1 aliphatic rings. The summed E-state index contributed by atoms with van der Waals surface area (Å²) in [5.41, 5.74) is 0.732. The van der Waals surface area contributed by atoms with Gasteiger partial charge >= 0.3 is 0 Å². The monoisotopic (exact) mass is 338 g/mol. The van der Waals surface area contributed by atoms with Gasteiger partial charge in [-0.3, -0.25) is 4.79 Å². The molecule has 0 radical (unpaired) electrons. The van der Waals surface area contributed by atoms with Crippen LogP contribution in [-0.2, 0) is 0 Å². The Balaban J connectivity index is 1.88. The number of phenols is 3. The molecule has 22 heavy (non-hydrogen) atoms. The van der Waals surface area contributed by atoms with Crippen LogP contribution in [0.4, 0.5) is 0 Å². The number of carbonyl (C=O) groups excluding carboxylic acids is 1. The van der Waals surface area contributed by atoms with Gasteiger partial charge in [0.15, 0.2) is 11.5 Å². The van der Waals surface area contributed by atoms with E-state index in [-0.39, 0.29) is 22.4 Å². The second-order valence-corrected chi connectivity index (χ2v) is 6.13. The summed E-state index contributed by atoms with van der Waals surface area (Å²) in [4.78, 5) is 12.5. The molecular weight excluding hydrogens is 327 g/mol.